The number of aliphatic imine (C=N–C) groups is 1. The van der Waals surface area contributed by atoms with E-state index >= 15 is 0 Å². The third-order valence-electron chi connectivity index (χ3n) is 4.41. The molecule has 5 nitrogen and oxygen atoms in total. The molecular weight excluding hydrogens is 274 g/mol. The highest BCUT2D eigenvalue weighted by molar-refractivity contribution is 5.80. The molecule has 126 valence electrons. The Morgan fingerprint density at radius 3 is 2.77 bits per heavy atom. The van der Waals surface area contributed by atoms with Crippen LogP contribution in [0.4, 0.5) is 0 Å². The lowest BCUT2D eigenvalue weighted by molar-refractivity contribution is 0.275. The van der Waals surface area contributed by atoms with Crippen LogP contribution in [0.15, 0.2) is 17.1 Å². The van der Waals surface area contributed by atoms with Crippen molar-refractivity contribution in [3.63, 3.8) is 0 Å². The first kappa shape index (κ1) is 17.3. The molecule has 1 saturated heterocycles. The van der Waals surface area contributed by atoms with E-state index in [2.05, 4.69) is 46.6 Å². The van der Waals surface area contributed by atoms with Gasteiger partial charge in [-0.15, -0.1) is 0 Å². The topological polar surface area (TPSA) is 42.9 Å². The standard InChI is InChI=1S/C17H33N5/c1-3-18-17(20-16-8-4-5-9-16)19-10-6-12-22-13-7-11-21(2)14-15-22/h4-5,16H,3,6-15H2,1-2H3,(H2,18,19,20). The monoisotopic (exact) mass is 307 g/mol. The van der Waals surface area contributed by atoms with Gasteiger partial charge in [0, 0.05) is 32.2 Å². The lowest BCUT2D eigenvalue weighted by Crippen LogP contribution is -2.42. The van der Waals surface area contributed by atoms with Crippen molar-refractivity contribution in [3.05, 3.63) is 12.2 Å². The van der Waals surface area contributed by atoms with Crippen molar-refractivity contribution in [1.29, 1.82) is 0 Å². The van der Waals surface area contributed by atoms with Gasteiger partial charge in [0.2, 0.25) is 0 Å². The fourth-order valence-electron chi connectivity index (χ4n) is 3.06. The Morgan fingerprint density at radius 2 is 2.00 bits per heavy atom. The molecule has 2 rings (SSSR count). The number of rotatable bonds is 6. The van der Waals surface area contributed by atoms with Crippen LogP contribution >= 0.6 is 0 Å². The molecule has 0 amide bonds. The molecule has 1 aliphatic carbocycles. The molecular formula is C17H33N5. The molecule has 2 N–H and O–H groups in total. The number of likely N-dealkylation sites (N-methyl/N-ethyl adjacent to an activating group) is 1. The summed E-state index contributed by atoms with van der Waals surface area (Å²) in [7, 11) is 2.22. The first-order valence-corrected chi connectivity index (χ1v) is 8.88. The molecule has 0 radical (unpaired) electrons. The van der Waals surface area contributed by atoms with E-state index in [1.807, 2.05) is 0 Å². The second-order valence-electron chi connectivity index (χ2n) is 6.40. The fraction of sp³-hybridized carbons (Fsp3) is 0.824. The lowest BCUT2D eigenvalue weighted by atomic mass is 10.2. The van der Waals surface area contributed by atoms with Gasteiger partial charge in [0.1, 0.15) is 0 Å². The number of nitrogens with one attached hydrogen (secondary N) is 2. The highest BCUT2D eigenvalue weighted by Gasteiger charge is 2.12. The molecule has 22 heavy (non-hydrogen) atoms. The minimum Gasteiger partial charge on any atom is -0.357 e. The van der Waals surface area contributed by atoms with Crippen molar-refractivity contribution in [2.24, 2.45) is 4.99 Å². The molecule has 5 heteroatoms. The Kier molecular flexibility index (Phi) is 7.74. The maximum atomic E-state index is 4.73. The second-order valence-corrected chi connectivity index (χ2v) is 6.40. The number of nitrogens with zero attached hydrogens (tertiary/aromatic N) is 3. The van der Waals surface area contributed by atoms with Crippen LogP contribution in [0.25, 0.3) is 0 Å². The Labute approximate surface area is 135 Å². The highest BCUT2D eigenvalue weighted by Crippen LogP contribution is 2.08. The SMILES string of the molecule is CCNC(=NCCCN1CCCN(C)CC1)NC1CC=CC1. The Bertz CT molecular complexity index is 358. The Hall–Kier alpha value is -1.07. The number of guanidine groups is 1. The minimum absolute atomic E-state index is 0.527. The van der Waals surface area contributed by atoms with Gasteiger partial charge in [-0.1, -0.05) is 12.2 Å². The molecule has 2 aliphatic rings. The molecule has 0 aromatic rings. The van der Waals surface area contributed by atoms with Gasteiger partial charge in [-0.25, -0.2) is 0 Å². The summed E-state index contributed by atoms with van der Waals surface area (Å²) in [6.45, 7) is 9.99. The first-order valence-electron chi connectivity index (χ1n) is 8.88. The van der Waals surface area contributed by atoms with E-state index in [1.54, 1.807) is 0 Å². The molecule has 0 bridgehead atoms. The minimum atomic E-state index is 0.527. The van der Waals surface area contributed by atoms with E-state index in [4.69, 9.17) is 4.99 Å². The van der Waals surface area contributed by atoms with E-state index in [-0.39, 0.29) is 0 Å². The number of hydrogen-bond donors (Lipinski definition) is 2. The van der Waals surface area contributed by atoms with Gasteiger partial charge in [0.05, 0.1) is 0 Å². The van der Waals surface area contributed by atoms with Gasteiger partial charge >= 0.3 is 0 Å². The Balaban J connectivity index is 1.66. The van der Waals surface area contributed by atoms with E-state index in [1.165, 1.54) is 39.1 Å². The number of hydrogen-bond acceptors (Lipinski definition) is 3. The molecule has 0 saturated carbocycles. The molecule has 1 fully saturated rings. The van der Waals surface area contributed by atoms with Crippen LogP contribution in [0.1, 0.15) is 32.6 Å². The van der Waals surface area contributed by atoms with Crippen molar-refractivity contribution >= 4 is 5.96 Å². The van der Waals surface area contributed by atoms with Crippen LogP contribution in [0.2, 0.25) is 0 Å². The second kappa shape index (κ2) is 9.85. The van der Waals surface area contributed by atoms with Gasteiger partial charge in [-0.05, 0) is 59.3 Å². The molecule has 0 unspecified atom stereocenters. The summed E-state index contributed by atoms with van der Waals surface area (Å²) in [5, 5.41) is 6.88. The zero-order chi connectivity index (χ0) is 15.6. The summed E-state index contributed by atoms with van der Waals surface area (Å²) in [6, 6.07) is 0.527. The van der Waals surface area contributed by atoms with Crippen molar-refractivity contribution in [2.45, 2.75) is 38.6 Å². The van der Waals surface area contributed by atoms with Crippen LogP contribution in [-0.4, -0.2) is 74.7 Å². The predicted molar refractivity (Wildman–Crippen MR) is 94.4 cm³/mol. The zero-order valence-corrected chi connectivity index (χ0v) is 14.4. The third kappa shape index (κ3) is 6.36. The van der Waals surface area contributed by atoms with Gasteiger partial charge in [0.25, 0.3) is 0 Å². The molecule has 0 spiro atoms. The van der Waals surface area contributed by atoms with Crippen molar-refractivity contribution < 1.29 is 0 Å². The Morgan fingerprint density at radius 1 is 1.18 bits per heavy atom. The summed E-state index contributed by atoms with van der Waals surface area (Å²) < 4.78 is 0. The lowest BCUT2D eigenvalue weighted by Gasteiger charge is -2.20. The molecule has 0 aromatic heterocycles. The van der Waals surface area contributed by atoms with Crippen LogP contribution < -0.4 is 10.6 Å². The summed E-state index contributed by atoms with van der Waals surface area (Å²) >= 11 is 0. The maximum absolute atomic E-state index is 4.73. The van der Waals surface area contributed by atoms with Gasteiger partial charge in [-0.2, -0.15) is 0 Å². The molecule has 0 atom stereocenters. The van der Waals surface area contributed by atoms with Gasteiger partial charge < -0.3 is 20.4 Å². The van der Waals surface area contributed by atoms with Crippen LogP contribution in [0.3, 0.4) is 0 Å². The van der Waals surface area contributed by atoms with Crippen LogP contribution in [-0.2, 0) is 0 Å². The predicted octanol–water partition coefficient (Wildman–Crippen LogP) is 1.29. The van der Waals surface area contributed by atoms with E-state index in [9.17, 15) is 0 Å². The summed E-state index contributed by atoms with van der Waals surface area (Å²) in [4.78, 5) is 9.74. The average molecular weight is 307 g/mol. The smallest absolute Gasteiger partial charge is 0.191 e. The fourth-order valence-corrected chi connectivity index (χ4v) is 3.06. The summed E-state index contributed by atoms with van der Waals surface area (Å²) in [5.74, 6) is 0.979. The maximum Gasteiger partial charge on any atom is 0.191 e. The van der Waals surface area contributed by atoms with E-state index in [0.29, 0.717) is 6.04 Å². The van der Waals surface area contributed by atoms with Crippen molar-refractivity contribution in [3.8, 4) is 0 Å². The summed E-state index contributed by atoms with van der Waals surface area (Å²) in [6.07, 6.45) is 9.16. The van der Waals surface area contributed by atoms with Gasteiger partial charge in [-0.3, -0.25) is 4.99 Å². The quantitative estimate of drug-likeness (QED) is 0.336. The van der Waals surface area contributed by atoms with Crippen molar-refractivity contribution in [2.75, 3.05) is 52.9 Å². The van der Waals surface area contributed by atoms with E-state index in [0.717, 1.165) is 38.3 Å². The van der Waals surface area contributed by atoms with Crippen molar-refractivity contribution in [1.82, 2.24) is 20.4 Å². The molecule has 1 aliphatic heterocycles. The zero-order valence-electron chi connectivity index (χ0n) is 14.4. The van der Waals surface area contributed by atoms with Crippen LogP contribution in [0.5, 0.6) is 0 Å². The highest BCUT2D eigenvalue weighted by atomic mass is 15.2. The average Bonchev–Trinajstić information content (AvgIpc) is 2.92. The third-order valence-corrected chi connectivity index (χ3v) is 4.41. The summed E-state index contributed by atoms with van der Waals surface area (Å²) in [5.41, 5.74) is 0. The van der Waals surface area contributed by atoms with Gasteiger partial charge in [0.15, 0.2) is 5.96 Å². The van der Waals surface area contributed by atoms with E-state index < -0.39 is 0 Å². The molecule has 0 aromatic carbocycles. The normalized spacial score (nSPS) is 22.0. The largest absolute Gasteiger partial charge is 0.357 e. The first-order chi connectivity index (χ1) is 10.8. The van der Waals surface area contributed by atoms with Crippen LogP contribution in [0, 0.1) is 0 Å². The molecule has 1 heterocycles.